The zero-order valence-electron chi connectivity index (χ0n) is 11.2. The van der Waals surface area contributed by atoms with Crippen molar-refractivity contribution in [3.63, 3.8) is 0 Å². The first-order valence-corrected chi connectivity index (χ1v) is 7.68. The third-order valence-corrected chi connectivity index (χ3v) is 4.62. The van der Waals surface area contributed by atoms with Gasteiger partial charge in [0, 0.05) is 24.2 Å². The van der Waals surface area contributed by atoms with Gasteiger partial charge in [0.25, 0.3) is 5.91 Å². The number of hydrogen-bond donors (Lipinski definition) is 0. The summed E-state index contributed by atoms with van der Waals surface area (Å²) in [5, 5.41) is 0.809. The Morgan fingerprint density at radius 3 is 2.55 bits per heavy atom. The maximum absolute atomic E-state index is 12.5. The van der Waals surface area contributed by atoms with Crippen molar-refractivity contribution in [2.24, 2.45) is 0 Å². The smallest absolute Gasteiger partial charge is 0.264 e. The van der Waals surface area contributed by atoms with Gasteiger partial charge in [-0.25, -0.2) is 0 Å². The van der Waals surface area contributed by atoms with E-state index in [4.69, 9.17) is 7.85 Å². The second-order valence-corrected chi connectivity index (χ2v) is 5.95. The number of carbonyl (C=O) groups is 1. The second-order valence-electron chi connectivity index (χ2n) is 4.95. The van der Waals surface area contributed by atoms with E-state index in [1.54, 1.807) is 0 Å². The Bertz CT molecular complexity index is 606. The van der Waals surface area contributed by atoms with Crippen LogP contribution >= 0.6 is 11.3 Å². The number of aromatic nitrogens is 1. The zero-order valence-corrected chi connectivity index (χ0v) is 12.0. The zero-order chi connectivity index (χ0) is 13.9. The van der Waals surface area contributed by atoms with Crippen LogP contribution in [0.3, 0.4) is 0 Å². The molecule has 1 fully saturated rings. The van der Waals surface area contributed by atoms with E-state index in [1.807, 2.05) is 35.2 Å². The Kier molecular flexibility index (Phi) is 3.87. The number of hydrogen-bond acceptors (Lipinski definition) is 3. The molecule has 2 heterocycles. The minimum atomic E-state index is 0.0295. The summed E-state index contributed by atoms with van der Waals surface area (Å²) in [7, 11) is 5.94. The van der Waals surface area contributed by atoms with Gasteiger partial charge in [0.15, 0.2) is 0 Å². The quantitative estimate of drug-likeness (QED) is 0.791. The highest BCUT2D eigenvalue weighted by Crippen LogP contribution is 2.25. The highest BCUT2D eigenvalue weighted by atomic mass is 32.1. The molecule has 0 aliphatic carbocycles. The lowest BCUT2D eigenvalue weighted by atomic mass is 10.0. The summed E-state index contributed by atoms with van der Waals surface area (Å²) in [4.78, 5) is 19.3. The van der Waals surface area contributed by atoms with Crippen molar-refractivity contribution in [2.45, 2.75) is 19.3 Å². The number of likely N-dealkylation sites (tertiary alicyclic amines) is 1. The van der Waals surface area contributed by atoms with E-state index in [-0.39, 0.29) is 5.91 Å². The highest BCUT2D eigenvalue weighted by molar-refractivity contribution is 7.18. The molecule has 2 radical (unpaired) electrons. The van der Waals surface area contributed by atoms with Crippen molar-refractivity contribution in [1.82, 2.24) is 9.88 Å². The first-order chi connectivity index (χ1) is 9.75. The summed E-state index contributed by atoms with van der Waals surface area (Å²) < 4.78 is 0. The Labute approximate surface area is 124 Å². The van der Waals surface area contributed by atoms with Crippen LogP contribution in [0.2, 0.25) is 0 Å². The Hall–Kier alpha value is -1.62. The summed E-state index contributed by atoms with van der Waals surface area (Å²) in [5.74, 6) is 0.0295. The van der Waals surface area contributed by atoms with E-state index in [1.165, 1.54) is 17.8 Å². The maximum Gasteiger partial charge on any atom is 0.264 e. The molecule has 0 atom stereocenters. The van der Waals surface area contributed by atoms with E-state index in [0.717, 1.165) is 36.5 Å². The van der Waals surface area contributed by atoms with Gasteiger partial charge in [0.2, 0.25) is 0 Å². The number of nitrogens with zero attached hydrogens (tertiary/aromatic N) is 2. The van der Waals surface area contributed by atoms with Gasteiger partial charge >= 0.3 is 0 Å². The SMILES string of the molecule is [B]c1nc(-c2ccccc2)sc1C(=O)N1CCCCC1. The average Bonchev–Trinajstić information content (AvgIpc) is 2.90. The van der Waals surface area contributed by atoms with Crippen molar-refractivity contribution in [3.8, 4) is 10.6 Å². The minimum absolute atomic E-state index is 0.0295. The van der Waals surface area contributed by atoms with E-state index >= 15 is 0 Å². The molecule has 1 aromatic heterocycles. The fourth-order valence-electron chi connectivity index (χ4n) is 2.43. The predicted octanol–water partition coefficient (Wildman–Crippen LogP) is 2.23. The molecule has 20 heavy (non-hydrogen) atoms. The fraction of sp³-hybridized carbons (Fsp3) is 0.333. The Morgan fingerprint density at radius 2 is 1.85 bits per heavy atom. The summed E-state index contributed by atoms with van der Waals surface area (Å²) in [5.41, 5.74) is 1.35. The third-order valence-electron chi connectivity index (χ3n) is 3.51. The molecule has 0 N–H and O–H groups in total. The molecule has 1 aliphatic rings. The molecule has 2 aromatic rings. The lowest BCUT2D eigenvalue weighted by Gasteiger charge is -2.26. The summed E-state index contributed by atoms with van der Waals surface area (Å²) in [6.45, 7) is 1.66. The Morgan fingerprint density at radius 1 is 1.15 bits per heavy atom. The molecule has 1 amide bonds. The van der Waals surface area contributed by atoms with Crippen molar-refractivity contribution in [1.29, 1.82) is 0 Å². The van der Waals surface area contributed by atoms with Gasteiger partial charge in [-0.3, -0.25) is 9.78 Å². The molecule has 0 unspecified atom stereocenters. The summed E-state index contributed by atoms with van der Waals surface area (Å²) in [6, 6.07) is 9.83. The van der Waals surface area contributed by atoms with Crippen LogP contribution in [-0.2, 0) is 0 Å². The van der Waals surface area contributed by atoms with Crippen LogP contribution in [0.1, 0.15) is 28.9 Å². The normalized spacial score (nSPS) is 15.3. The molecule has 5 heteroatoms. The van der Waals surface area contributed by atoms with E-state index in [9.17, 15) is 4.79 Å². The van der Waals surface area contributed by atoms with Crippen LogP contribution in [0.4, 0.5) is 0 Å². The lowest BCUT2D eigenvalue weighted by molar-refractivity contribution is 0.0730. The van der Waals surface area contributed by atoms with Gasteiger partial charge in [0.1, 0.15) is 17.7 Å². The van der Waals surface area contributed by atoms with Crippen molar-refractivity contribution in [3.05, 3.63) is 35.2 Å². The first kappa shape index (κ1) is 13.4. The standard InChI is InChI=1S/C15H15BN2OS/c16-13-12(15(19)18-9-5-2-6-10-18)20-14(17-13)11-7-3-1-4-8-11/h1,3-4,7-8H,2,5-6,9-10H2. The molecule has 0 saturated carbocycles. The number of thiazole rings is 1. The van der Waals surface area contributed by atoms with Gasteiger partial charge in [0.05, 0.1) is 0 Å². The molecule has 0 bridgehead atoms. The molecule has 1 aliphatic heterocycles. The predicted molar refractivity (Wildman–Crippen MR) is 82.7 cm³/mol. The molecule has 0 spiro atoms. The molecule has 1 saturated heterocycles. The maximum atomic E-state index is 12.5. The number of carbonyl (C=O) groups excluding carboxylic acids is 1. The van der Waals surface area contributed by atoms with Crippen LogP contribution in [0, 0.1) is 0 Å². The van der Waals surface area contributed by atoms with E-state index < -0.39 is 0 Å². The summed E-state index contributed by atoms with van der Waals surface area (Å²) >= 11 is 1.39. The Balaban J connectivity index is 1.87. The number of benzene rings is 1. The summed E-state index contributed by atoms with van der Waals surface area (Å²) in [6.07, 6.45) is 3.36. The van der Waals surface area contributed by atoms with Crippen LogP contribution < -0.4 is 5.59 Å². The molecule has 100 valence electrons. The monoisotopic (exact) mass is 282 g/mol. The topological polar surface area (TPSA) is 33.2 Å². The van der Waals surface area contributed by atoms with Gasteiger partial charge in [-0.2, -0.15) is 0 Å². The van der Waals surface area contributed by atoms with Gasteiger partial charge in [-0.1, -0.05) is 30.3 Å². The van der Waals surface area contributed by atoms with Crippen LogP contribution in [0.5, 0.6) is 0 Å². The molecule has 3 nitrogen and oxygen atoms in total. The van der Waals surface area contributed by atoms with Crippen LogP contribution in [0.25, 0.3) is 10.6 Å². The number of rotatable bonds is 2. The van der Waals surface area contributed by atoms with Crippen molar-refractivity contribution >= 4 is 30.7 Å². The number of piperidine rings is 1. The van der Waals surface area contributed by atoms with Crippen molar-refractivity contribution < 1.29 is 4.79 Å². The van der Waals surface area contributed by atoms with Gasteiger partial charge in [-0.15, -0.1) is 11.3 Å². The second kappa shape index (κ2) is 5.79. The number of amides is 1. The van der Waals surface area contributed by atoms with E-state index in [0.29, 0.717) is 10.5 Å². The molecule has 3 rings (SSSR count). The van der Waals surface area contributed by atoms with Crippen LogP contribution in [-0.4, -0.2) is 36.7 Å². The minimum Gasteiger partial charge on any atom is -0.338 e. The largest absolute Gasteiger partial charge is 0.338 e. The highest BCUT2D eigenvalue weighted by Gasteiger charge is 2.22. The molecule has 1 aromatic carbocycles. The van der Waals surface area contributed by atoms with Gasteiger partial charge < -0.3 is 4.90 Å². The van der Waals surface area contributed by atoms with Crippen LogP contribution in [0.15, 0.2) is 30.3 Å². The lowest BCUT2D eigenvalue weighted by Crippen LogP contribution is -2.37. The molecular weight excluding hydrogens is 267 g/mol. The molecular formula is C15H15BN2OS. The fourth-order valence-corrected chi connectivity index (χ4v) is 3.39. The first-order valence-electron chi connectivity index (χ1n) is 6.87. The van der Waals surface area contributed by atoms with Gasteiger partial charge in [-0.05, 0) is 19.3 Å². The van der Waals surface area contributed by atoms with Crippen molar-refractivity contribution in [2.75, 3.05) is 13.1 Å². The third kappa shape index (κ3) is 2.63. The average molecular weight is 282 g/mol. The van der Waals surface area contributed by atoms with E-state index in [2.05, 4.69) is 4.98 Å².